The Bertz CT molecular complexity index is 128. The third-order valence-corrected chi connectivity index (χ3v) is 2.35. The predicted octanol–water partition coefficient (Wildman–Crippen LogP) is 1.88. The van der Waals surface area contributed by atoms with Gasteiger partial charge < -0.3 is 5.11 Å². The van der Waals surface area contributed by atoms with Gasteiger partial charge in [0.2, 0.25) is 0 Å². The first kappa shape index (κ1) is 11.9. The minimum atomic E-state index is -0.0945. The van der Waals surface area contributed by atoms with Crippen molar-refractivity contribution in [1.29, 1.82) is 0 Å². The van der Waals surface area contributed by atoms with Crippen LogP contribution in [0.3, 0.4) is 0 Å². The quantitative estimate of drug-likeness (QED) is 0.604. The molecule has 0 spiro atoms. The van der Waals surface area contributed by atoms with E-state index in [4.69, 9.17) is 0 Å². The Morgan fingerprint density at radius 1 is 1.33 bits per heavy atom. The van der Waals surface area contributed by atoms with Crippen molar-refractivity contribution in [2.45, 2.75) is 52.7 Å². The molecular formula is C10H23NO. The second-order valence-electron chi connectivity index (χ2n) is 4.41. The maximum absolute atomic E-state index is 9.40. The average molecular weight is 173 g/mol. The molecule has 1 N–H and O–H groups in total. The van der Waals surface area contributed by atoms with Gasteiger partial charge in [-0.25, -0.2) is 0 Å². The van der Waals surface area contributed by atoms with E-state index in [1.807, 2.05) is 0 Å². The summed E-state index contributed by atoms with van der Waals surface area (Å²) >= 11 is 0. The molecule has 0 saturated carbocycles. The van der Waals surface area contributed by atoms with E-state index in [0.717, 1.165) is 25.9 Å². The number of nitrogens with zero attached hydrogens (tertiary/aromatic N) is 1. The molecule has 1 atom stereocenters. The van der Waals surface area contributed by atoms with Gasteiger partial charge in [0.25, 0.3) is 0 Å². The monoisotopic (exact) mass is 173 g/mol. The van der Waals surface area contributed by atoms with Gasteiger partial charge in [-0.3, -0.25) is 4.90 Å². The van der Waals surface area contributed by atoms with Gasteiger partial charge in [-0.1, -0.05) is 7.43 Å². The summed E-state index contributed by atoms with van der Waals surface area (Å²) in [6.07, 6.45) is 2.02. The number of β-amino-alcohol motifs (C(OH)–C–C–N with tert-alkyl or cyclic N) is 1. The zero-order valence-electron chi connectivity index (χ0n) is 7.80. The number of aliphatic hydroxyl groups is 1. The second kappa shape index (κ2) is 4.24. The molecule has 12 heavy (non-hydrogen) atoms. The van der Waals surface area contributed by atoms with Gasteiger partial charge in [0.05, 0.1) is 6.10 Å². The number of rotatable bonds is 0. The largest absolute Gasteiger partial charge is 0.392 e. The molecule has 2 heteroatoms. The lowest BCUT2D eigenvalue weighted by molar-refractivity contribution is 0.0224. The number of likely N-dealkylation sites (tertiary alicyclic amines) is 1. The molecule has 0 aromatic carbocycles. The lowest BCUT2D eigenvalue weighted by Gasteiger charge is -2.40. The fourth-order valence-electron chi connectivity index (χ4n) is 1.56. The van der Waals surface area contributed by atoms with Crippen molar-refractivity contribution in [3.05, 3.63) is 0 Å². The Morgan fingerprint density at radius 2 is 1.92 bits per heavy atom. The number of piperidine rings is 1. The van der Waals surface area contributed by atoms with Gasteiger partial charge in [0.15, 0.2) is 0 Å². The number of aliphatic hydroxyl groups excluding tert-OH is 1. The SMILES string of the molecule is C.CC(C)(C)N1CCCC(O)C1. The predicted molar refractivity (Wildman–Crippen MR) is 53.3 cm³/mol. The molecule has 1 heterocycles. The summed E-state index contributed by atoms with van der Waals surface area (Å²) in [7, 11) is 0. The minimum absolute atomic E-state index is 0. The van der Waals surface area contributed by atoms with Crippen LogP contribution < -0.4 is 0 Å². The lowest BCUT2D eigenvalue weighted by atomic mass is 10.00. The van der Waals surface area contributed by atoms with Gasteiger partial charge >= 0.3 is 0 Å². The van der Waals surface area contributed by atoms with Crippen LogP contribution in [0.15, 0.2) is 0 Å². The molecule has 1 fully saturated rings. The van der Waals surface area contributed by atoms with E-state index >= 15 is 0 Å². The van der Waals surface area contributed by atoms with Crippen molar-refractivity contribution in [3.8, 4) is 0 Å². The smallest absolute Gasteiger partial charge is 0.0667 e. The Kier molecular flexibility index (Phi) is 4.21. The molecule has 1 saturated heterocycles. The average Bonchev–Trinajstić information content (AvgIpc) is 1.86. The van der Waals surface area contributed by atoms with Crippen LogP contribution in [0.2, 0.25) is 0 Å². The van der Waals surface area contributed by atoms with E-state index < -0.39 is 0 Å². The van der Waals surface area contributed by atoms with Crippen LogP contribution in [-0.2, 0) is 0 Å². The van der Waals surface area contributed by atoms with Gasteiger partial charge in [-0.2, -0.15) is 0 Å². The van der Waals surface area contributed by atoms with E-state index in [0.29, 0.717) is 0 Å². The van der Waals surface area contributed by atoms with E-state index in [-0.39, 0.29) is 19.1 Å². The van der Waals surface area contributed by atoms with Crippen LogP contribution in [0.25, 0.3) is 0 Å². The highest BCUT2D eigenvalue weighted by Gasteiger charge is 2.26. The molecule has 1 aliphatic rings. The number of hydrogen-bond donors (Lipinski definition) is 1. The summed E-state index contributed by atoms with van der Waals surface area (Å²) in [5.41, 5.74) is 0.224. The molecule has 1 unspecified atom stereocenters. The molecule has 74 valence electrons. The van der Waals surface area contributed by atoms with Crippen LogP contribution in [-0.4, -0.2) is 34.7 Å². The first-order valence-electron chi connectivity index (χ1n) is 4.43. The van der Waals surface area contributed by atoms with Crippen LogP contribution in [0, 0.1) is 0 Å². The fraction of sp³-hybridized carbons (Fsp3) is 1.00. The Balaban J connectivity index is 0.00000121. The molecule has 0 bridgehead atoms. The van der Waals surface area contributed by atoms with Gasteiger partial charge in [0, 0.05) is 12.1 Å². The van der Waals surface area contributed by atoms with Crippen molar-refractivity contribution >= 4 is 0 Å². The summed E-state index contributed by atoms with van der Waals surface area (Å²) in [6.45, 7) is 8.59. The molecule has 0 amide bonds. The van der Waals surface area contributed by atoms with Crippen molar-refractivity contribution in [3.63, 3.8) is 0 Å². The van der Waals surface area contributed by atoms with Crippen LogP contribution >= 0.6 is 0 Å². The van der Waals surface area contributed by atoms with Gasteiger partial charge in [0.1, 0.15) is 0 Å². The van der Waals surface area contributed by atoms with Crippen molar-refractivity contribution in [2.75, 3.05) is 13.1 Å². The molecular weight excluding hydrogens is 150 g/mol. The molecule has 0 radical (unpaired) electrons. The van der Waals surface area contributed by atoms with Gasteiger partial charge in [-0.15, -0.1) is 0 Å². The third kappa shape index (κ3) is 3.11. The summed E-state index contributed by atoms with van der Waals surface area (Å²) < 4.78 is 0. The first-order chi connectivity index (χ1) is 5.00. The molecule has 1 aliphatic heterocycles. The van der Waals surface area contributed by atoms with Crippen LogP contribution in [0.4, 0.5) is 0 Å². The summed E-state index contributed by atoms with van der Waals surface area (Å²) in [5, 5.41) is 9.40. The molecule has 1 rings (SSSR count). The fourth-order valence-corrected chi connectivity index (χ4v) is 1.56. The van der Waals surface area contributed by atoms with E-state index in [1.54, 1.807) is 0 Å². The van der Waals surface area contributed by atoms with Crippen molar-refractivity contribution in [2.24, 2.45) is 0 Å². The standard InChI is InChI=1S/C9H19NO.CH4/c1-9(2,3)10-6-4-5-8(11)7-10;/h8,11H,4-7H2,1-3H3;1H4. The van der Waals surface area contributed by atoms with Crippen molar-refractivity contribution < 1.29 is 5.11 Å². The van der Waals surface area contributed by atoms with Gasteiger partial charge in [-0.05, 0) is 40.2 Å². The Hall–Kier alpha value is -0.0800. The minimum Gasteiger partial charge on any atom is -0.392 e. The highest BCUT2D eigenvalue weighted by atomic mass is 16.3. The third-order valence-electron chi connectivity index (χ3n) is 2.35. The second-order valence-corrected chi connectivity index (χ2v) is 4.41. The zero-order chi connectivity index (χ0) is 8.48. The van der Waals surface area contributed by atoms with Crippen molar-refractivity contribution in [1.82, 2.24) is 4.90 Å². The summed E-state index contributed by atoms with van der Waals surface area (Å²) in [5.74, 6) is 0. The molecule has 0 aromatic rings. The molecule has 0 aromatic heterocycles. The maximum Gasteiger partial charge on any atom is 0.0667 e. The highest BCUT2D eigenvalue weighted by molar-refractivity contribution is 4.81. The summed E-state index contributed by atoms with van der Waals surface area (Å²) in [4.78, 5) is 2.35. The molecule has 0 aliphatic carbocycles. The van der Waals surface area contributed by atoms with Crippen LogP contribution in [0.1, 0.15) is 41.0 Å². The lowest BCUT2D eigenvalue weighted by Crippen LogP contribution is -2.48. The first-order valence-corrected chi connectivity index (χ1v) is 4.43. The van der Waals surface area contributed by atoms with E-state index in [1.165, 1.54) is 0 Å². The molecule has 2 nitrogen and oxygen atoms in total. The maximum atomic E-state index is 9.40. The Labute approximate surface area is 76.6 Å². The topological polar surface area (TPSA) is 23.5 Å². The summed E-state index contributed by atoms with van der Waals surface area (Å²) in [6, 6.07) is 0. The van der Waals surface area contributed by atoms with E-state index in [2.05, 4.69) is 25.7 Å². The highest BCUT2D eigenvalue weighted by Crippen LogP contribution is 2.19. The zero-order valence-corrected chi connectivity index (χ0v) is 7.80. The normalized spacial score (nSPS) is 26.5. The van der Waals surface area contributed by atoms with Crippen LogP contribution in [0.5, 0.6) is 0 Å². The Morgan fingerprint density at radius 3 is 2.25 bits per heavy atom. The van der Waals surface area contributed by atoms with E-state index in [9.17, 15) is 5.11 Å². The number of hydrogen-bond acceptors (Lipinski definition) is 2.